The van der Waals surface area contributed by atoms with E-state index in [0.29, 0.717) is 15.7 Å². The van der Waals surface area contributed by atoms with Gasteiger partial charge < -0.3 is 14.8 Å². The number of ketones is 1. The van der Waals surface area contributed by atoms with Crippen molar-refractivity contribution in [1.29, 1.82) is 0 Å². The number of hydrogen-bond acceptors (Lipinski definition) is 5. The van der Waals surface area contributed by atoms with Crippen LogP contribution in [0, 0.1) is 5.82 Å². The number of nitrogens with one attached hydrogen (secondary N) is 1. The Labute approximate surface area is 163 Å². The van der Waals surface area contributed by atoms with Gasteiger partial charge in [0.25, 0.3) is 5.91 Å². The molecule has 0 aliphatic heterocycles. The van der Waals surface area contributed by atoms with Gasteiger partial charge in [0.05, 0.1) is 4.47 Å². The number of amides is 1. The molecule has 8 heteroatoms. The molecule has 0 radical (unpaired) electrons. The molecule has 142 valence electrons. The molecule has 0 aliphatic rings. The maximum Gasteiger partial charge on any atom is 0.344 e. The fourth-order valence-electron chi connectivity index (χ4n) is 2.05. The Hall–Kier alpha value is -2.74. The molecule has 1 atom stereocenters. The molecule has 6 nitrogen and oxygen atoms in total. The molecule has 1 amide bonds. The molecule has 0 fully saturated rings. The summed E-state index contributed by atoms with van der Waals surface area (Å²) in [6.45, 7) is 2.43. The van der Waals surface area contributed by atoms with Crippen LogP contribution in [0.4, 0.5) is 10.1 Å². The third kappa shape index (κ3) is 6.18. The normalized spacial score (nSPS) is 11.4. The Bertz CT molecular complexity index is 854. The van der Waals surface area contributed by atoms with Gasteiger partial charge >= 0.3 is 5.97 Å². The lowest BCUT2D eigenvalue weighted by Gasteiger charge is -2.14. The van der Waals surface area contributed by atoms with E-state index in [1.807, 2.05) is 0 Å². The van der Waals surface area contributed by atoms with Gasteiger partial charge in [0.1, 0.15) is 11.6 Å². The fourth-order valence-corrected chi connectivity index (χ4v) is 2.51. The first kappa shape index (κ1) is 20.6. The molecular formula is C19H17BrFNO5. The lowest BCUT2D eigenvalue weighted by atomic mass is 10.1. The molecule has 27 heavy (non-hydrogen) atoms. The van der Waals surface area contributed by atoms with Crippen LogP contribution < -0.4 is 10.1 Å². The summed E-state index contributed by atoms with van der Waals surface area (Å²) in [7, 11) is 0. The first-order valence-electron chi connectivity index (χ1n) is 7.95. The van der Waals surface area contributed by atoms with Crippen molar-refractivity contribution in [2.24, 2.45) is 0 Å². The van der Waals surface area contributed by atoms with Crippen molar-refractivity contribution in [1.82, 2.24) is 0 Å². The van der Waals surface area contributed by atoms with Gasteiger partial charge in [0, 0.05) is 11.3 Å². The van der Waals surface area contributed by atoms with Crippen LogP contribution in [0.25, 0.3) is 0 Å². The molecule has 1 N–H and O–H groups in total. The molecule has 0 aromatic heterocycles. The lowest BCUT2D eigenvalue weighted by Crippen LogP contribution is -2.31. The minimum atomic E-state index is -1.05. The van der Waals surface area contributed by atoms with E-state index < -0.39 is 30.4 Å². The highest BCUT2D eigenvalue weighted by molar-refractivity contribution is 9.10. The SMILES string of the molecule is CC(=O)c1ccc(NC(=O)C(C)OC(=O)COc2ccc(F)cc2Br)cc1. The van der Waals surface area contributed by atoms with Crippen molar-refractivity contribution in [2.45, 2.75) is 20.0 Å². The summed E-state index contributed by atoms with van der Waals surface area (Å²) < 4.78 is 23.6. The first-order valence-corrected chi connectivity index (χ1v) is 8.74. The Balaban J connectivity index is 1.84. The van der Waals surface area contributed by atoms with Crippen LogP contribution >= 0.6 is 15.9 Å². The average molecular weight is 438 g/mol. The Kier molecular flexibility index (Phi) is 7.06. The van der Waals surface area contributed by atoms with Crippen molar-refractivity contribution in [3.63, 3.8) is 0 Å². The van der Waals surface area contributed by atoms with Crippen molar-refractivity contribution >= 4 is 39.3 Å². The van der Waals surface area contributed by atoms with Gasteiger partial charge in [-0.1, -0.05) is 0 Å². The number of halogens is 2. The zero-order chi connectivity index (χ0) is 20.0. The fraction of sp³-hybridized carbons (Fsp3) is 0.211. The zero-order valence-electron chi connectivity index (χ0n) is 14.6. The predicted octanol–water partition coefficient (Wildman–Crippen LogP) is 3.74. The van der Waals surface area contributed by atoms with E-state index in [9.17, 15) is 18.8 Å². The van der Waals surface area contributed by atoms with Crippen LogP contribution in [-0.2, 0) is 14.3 Å². The zero-order valence-corrected chi connectivity index (χ0v) is 16.2. The molecule has 1 unspecified atom stereocenters. The van der Waals surface area contributed by atoms with E-state index in [4.69, 9.17) is 9.47 Å². The highest BCUT2D eigenvalue weighted by atomic mass is 79.9. The number of rotatable bonds is 7. The van der Waals surface area contributed by atoms with Gasteiger partial charge in [-0.25, -0.2) is 9.18 Å². The van der Waals surface area contributed by atoms with Gasteiger partial charge in [-0.3, -0.25) is 9.59 Å². The first-order chi connectivity index (χ1) is 12.8. The molecule has 2 aromatic rings. The third-order valence-electron chi connectivity index (χ3n) is 3.48. The van der Waals surface area contributed by atoms with Crippen LogP contribution in [-0.4, -0.2) is 30.4 Å². The quantitative estimate of drug-likeness (QED) is 0.526. The van der Waals surface area contributed by atoms with Gasteiger partial charge in [-0.15, -0.1) is 0 Å². The van der Waals surface area contributed by atoms with Crippen molar-refractivity contribution in [3.8, 4) is 5.75 Å². The highest BCUT2D eigenvalue weighted by Crippen LogP contribution is 2.25. The molecule has 0 saturated carbocycles. The Morgan fingerprint density at radius 3 is 2.41 bits per heavy atom. The Morgan fingerprint density at radius 1 is 1.15 bits per heavy atom. The predicted molar refractivity (Wildman–Crippen MR) is 100 cm³/mol. The van der Waals surface area contributed by atoms with Gasteiger partial charge in [-0.05, 0) is 72.2 Å². The van der Waals surface area contributed by atoms with E-state index in [-0.39, 0.29) is 11.5 Å². The summed E-state index contributed by atoms with van der Waals surface area (Å²) in [5, 5.41) is 2.58. The number of carbonyl (C=O) groups excluding carboxylic acids is 3. The molecule has 0 heterocycles. The number of esters is 1. The topological polar surface area (TPSA) is 81.7 Å². The number of benzene rings is 2. The van der Waals surface area contributed by atoms with Crippen LogP contribution in [0.5, 0.6) is 5.75 Å². The average Bonchev–Trinajstić information content (AvgIpc) is 2.61. The maximum atomic E-state index is 13.0. The number of ether oxygens (including phenoxy) is 2. The summed E-state index contributed by atoms with van der Waals surface area (Å²) in [4.78, 5) is 35.1. The maximum absolute atomic E-state index is 13.0. The van der Waals surface area contributed by atoms with Crippen molar-refractivity contribution < 1.29 is 28.2 Å². The van der Waals surface area contributed by atoms with Crippen molar-refractivity contribution in [2.75, 3.05) is 11.9 Å². The summed E-state index contributed by atoms with van der Waals surface area (Å²) >= 11 is 3.12. The third-order valence-corrected chi connectivity index (χ3v) is 4.10. The van der Waals surface area contributed by atoms with E-state index in [2.05, 4.69) is 21.2 Å². The second-order valence-corrected chi connectivity index (χ2v) is 6.47. The van der Waals surface area contributed by atoms with Crippen LogP contribution in [0.15, 0.2) is 46.9 Å². The molecule has 0 spiro atoms. The number of hydrogen-bond donors (Lipinski definition) is 1. The van der Waals surface area contributed by atoms with Crippen LogP contribution in [0.3, 0.4) is 0 Å². The molecule has 2 rings (SSSR count). The summed E-state index contributed by atoms with van der Waals surface area (Å²) in [5.41, 5.74) is 0.996. The highest BCUT2D eigenvalue weighted by Gasteiger charge is 2.18. The molecule has 0 bridgehead atoms. The molecule has 0 saturated heterocycles. The van der Waals surface area contributed by atoms with E-state index in [1.165, 1.54) is 32.0 Å². The van der Waals surface area contributed by atoms with Crippen LogP contribution in [0.1, 0.15) is 24.2 Å². The van der Waals surface area contributed by atoms with Gasteiger partial charge in [-0.2, -0.15) is 0 Å². The minimum Gasteiger partial charge on any atom is -0.481 e. The van der Waals surface area contributed by atoms with Gasteiger partial charge in [0.15, 0.2) is 18.5 Å². The lowest BCUT2D eigenvalue weighted by molar-refractivity contribution is -0.155. The Morgan fingerprint density at radius 2 is 1.81 bits per heavy atom. The number of anilines is 1. The summed E-state index contributed by atoms with van der Waals surface area (Å²) in [6, 6.07) is 10.1. The van der Waals surface area contributed by atoms with E-state index in [1.54, 1.807) is 24.3 Å². The molecular weight excluding hydrogens is 421 g/mol. The standard InChI is InChI=1S/C19H17BrFNO5/c1-11(23)13-3-6-15(7-4-13)22-19(25)12(2)27-18(24)10-26-17-8-5-14(21)9-16(17)20/h3-9,12H,10H2,1-2H3,(H,22,25). The number of Topliss-reactive ketones (excluding diaryl/α,β-unsaturated/α-hetero) is 1. The number of carbonyl (C=O) groups is 3. The second-order valence-electron chi connectivity index (χ2n) is 5.62. The minimum absolute atomic E-state index is 0.0806. The van der Waals surface area contributed by atoms with E-state index in [0.717, 1.165) is 0 Å². The van der Waals surface area contributed by atoms with E-state index >= 15 is 0 Å². The molecule has 0 aliphatic carbocycles. The monoisotopic (exact) mass is 437 g/mol. The summed E-state index contributed by atoms with van der Waals surface area (Å²) in [5.74, 6) is -1.53. The molecule has 2 aromatic carbocycles. The van der Waals surface area contributed by atoms with Gasteiger partial charge in [0.2, 0.25) is 0 Å². The van der Waals surface area contributed by atoms with Crippen LogP contribution in [0.2, 0.25) is 0 Å². The largest absolute Gasteiger partial charge is 0.481 e. The van der Waals surface area contributed by atoms with Crippen molar-refractivity contribution in [3.05, 3.63) is 58.3 Å². The second kappa shape index (κ2) is 9.27. The summed E-state index contributed by atoms with van der Waals surface area (Å²) in [6.07, 6.45) is -1.05. The smallest absolute Gasteiger partial charge is 0.344 e.